The quantitative estimate of drug-likeness (QED) is 0.675. The number of nitrogens with one attached hydrogen (secondary N) is 2. The van der Waals surface area contributed by atoms with Crippen LogP contribution in [-0.2, 0) is 9.59 Å². The number of hydrogen-bond donors (Lipinski definition) is 2. The Morgan fingerprint density at radius 3 is 2.55 bits per heavy atom. The standard InChI is InChI=1S/C24H29N3O4/c1-4-5-12-27-15-18(14-22(27)28)24(30)25-19-9-7-17(8-10-19)23(29)26-20-13-16(2)6-11-21(20)31-3/h6-11,13,18H,4-5,12,14-15H2,1-3H3,(H,25,30)(H,26,29)/t18-/m0/s1. The molecule has 2 aromatic carbocycles. The summed E-state index contributed by atoms with van der Waals surface area (Å²) in [6, 6.07) is 12.2. The van der Waals surface area contributed by atoms with E-state index in [2.05, 4.69) is 17.6 Å². The van der Waals surface area contributed by atoms with E-state index < -0.39 is 0 Å². The number of nitrogens with zero attached hydrogens (tertiary/aromatic N) is 1. The molecule has 3 amide bonds. The van der Waals surface area contributed by atoms with E-state index in [9.17, 15) is 14.4 Å². The van der Waals surface area contributed by atoms with E-state index >= 15 is 0 Å². The Morgan fingerprint density at radius 1 is 1.13 bits per heavy atom. The second-order valence-electron chi connectivity index (χ2n) is 7.82. The molecule has 0 aromatic heterocycles. The summed E-state index contributed by atoms with van der Waals surface area (Å²) in [4.78, 5) is 39.0. The Balaban J connectivity index is 1.59. The number of hydrogen-bond acceptors (Lipinski definition) is 4. The molecule has 31 heavy (non-hydrogen) atoms. The van der Waals surface area contributed by atoms with E-state index in [0.717, 1.165) is 18.4 Å². The van der Waals surface area contributed by atoms with Crippen LogP contribution >= 0.6 is 0 Å². The molecule has 0 saturated carbocycles. The second-order valence-corrected chi connectivity index (χ2v) is 7.82. The van der Waals surface area contributed by atoms with Gasteiger partial charge in [0.05, 0.1) is 18.7 Å². The number of anilines is 2. The number of rotatable bonds is 8. The van der Waals surface area contributed by atoms with Crippen LogP contribution in [0, 0.1) is 12.8 Å². The van der Waals surface area contributed by atoms with Crippen molar-refractivity contribution in [1.29, 1.82) is 0 Å². The molecule has 1 fully saturated rings. The zero-order valence-corrected chi connectivity index (χ0v) is 18.2. The molecule has 1 atom stereocenters. The summed E-state index contributed by atoms with van der Waals surface area (Å²) >= 11 is 0. The van der Waals surface area contributed by atoms with Crippen molar-refractivity contribution >= 4 is 29.1 Å². The third kappa shape index (κ3) is 5.63. The second kappa shape index (κ2) is 10.1. The first-order valence-corrected chi connectivity index (χ1v) is 10.6. The zero-order valence-electron chi connectivity index (χ0n) is 18.2. The molecular weight excluding hydrogens is 394 g/mol. The van der Waals surface area contributed by atoms with Gasteiger partial charge in [-0.2, -0.15) is 0 Å². The lowest BCUT2D eigenvalue weighted by Crippen LogP contribution is -2.29. The fraction of sp³-hybridized carbons (Fsp3) is 0.375. The molecule has 1 aliphatic rings. The Morgan fingerprint density at radius 2 is 1.87 bits per heavy atom. The number of aryl methyl sites for hydroxylation is 1. The van der Waals surface area contributed by atoms with Crippen LogP contribution < -0.4 is 15.4 Å². The summed E-state index contributed by atoms with van der Waals surface area (Å²) in [5.41, 5.74) is 2.66. The number of carbonyl (C=O) groups is 3. The molecule has 2 aromatic rings. The van der Waals surface area contributed by atoms with Gasteiger partial charge in [-0.05, 0) is 55.3 Å². The van der Waals surface area contributed by atoms with Crippen molar-refractivity contribution in [2.45, 2.75) is 33.1 Å². The molecule has 1 saturated heterocycles. The van der Waals surface area contributed by atoms with Crippen LogP contribution in [-0.4, -0.2) is 42.8 Å². The van der Waals surface area contributed by atoms with Crippen LogP contribution in [0.5, 0.6) is 5.75 Å². The van der Waals surface area contributed by atoms with E-state index in [-0.39, 0.29) is 30.1 Å². The zero-order chi connectivity index (χ0) is 22.4. The summed E-state index contributed by atoms with van der Waals surface area (Å²) in [5, 5.41) is 5.71. The lowest BCUT2D eigenvalue weighted by atomic mass is 10.1. The number of unbranched alkanes of at least 4 members (excludes halogenated alkanes) is 1. The van der Waals surface area contributed by atoms with Gasteiger partial charge in [0.1, 0.15) is 5.75 Å². The predicted octanol–water partition coefficient (Wildman–Crippen LogP) is 3.84. The molecule has 3 rings (SSSR count). The molecule has 0 bridgehead atoms. The van der Waals surface area contributed by atoms with E-state index in [1.165, 1.54) is 0 Å². The lowest BCUT2D eigenvalue weighted by Gasteiger charge is -2.16. The van der Waals surface area contributed by atoms with E-state index in [0.29, 0.717) is 35.8 Å². The Labute approximate surface area is 182 Å². The molecular formula is C24H29N3O4. The first-order chi connectivity index (χ1) is 14.9. The predicted molar refractivity (Wildman–Crippen MR) is 120 cm³/mol. The third-order valence-electron chi connectivity index (χ3n) is 5.38. The highest BCUT2D eigenvalue weighted by Crippen LogP contribution is 2.26. The molecule has 7 heteroatoms. The van der Waals surface area contributed by atoms with Gasteiger partial charge in [-0.1, -0.05) is 19.4 Å². The van der Waals surface area contributed by atoms with Crippen molar-refractivity contribution in [2.24, 2.45) is 5.92 Å². The van der Waals surface area contributed by atoms with Crippen molar-refractivity contribution in [3.8, 4) is 5.75 Å². The van der Waals surface area contributed by atoms with Crippen LogP contribution in [0.2, 0.25) is 0 Å². The van der Waals surface area contributed by atoms with Crippen LogP contribution in [0.15, 0.2) is 42.5 Å². The van der Waals surface area contributed by atoms with Gasteiger partial charge >= 0.3 is 0 Å². The van der Waals surface area contributed by atoms with Gasteiger partial charge in [0.15, 0.2) is 0 Å². The van der Waals surface area contributed by atoms with Crippen molar-refractivity contribution in [1.82, 2.24) is 4.90 Å². The highest BCUT2D eigenvalue weighted by atomic mass is 16.5. The third-order valence-corrected chi connectivity index (χ3v) is 5.38. The van der Waals surface area contributed by atoms with Gasteiger partial charge in [0.25, 0.3) is 5.91 Å². The number of ether oxygens (including phenoxy) is 1. The fourth-order valence-electron chi connectivity index (χ4n) is 3.58. The van der Waals surface area contributed by atoms with Gasteiger partial charge in [-0.15, -0.1) is 0 Å². The smallest absolute Gasteiger partial charge is 0.255 e. The van der Waals surface area contributed by atoms with Gasteiger partial charge in [-0.3, -0.25) is 14.4 Å². The highest BCUT2D eigenvalue weighted by Gasteiger charge is 2.33. The summed E-state index contributed by atoms with van der Waals surface area (Å²) in [5.74, 6) is -0.168. The number of methoxy groups -OCH3 is 1. The molecule has 0 unspecified atom stereocenters. The monoisotopic (exact) mass is 423 g/mol. The Bertz CT molecular complexity index is 956. The van der Waals surface area contributed by atoms with Crippen LogP contribution in [0.25, 0.3) is 0 Å². The van der Waals surface area contributed by atoms with Crippen LogP contribution in [0.3, 0.4) is 0 Å². The number of carbonyl (C=O) groups excluding carboxylic acids is 3. The van der Waals surface area contributed by atoms with Crippen molar-refractivity contribution in [3.63, 3.8) is 0 Å². The molecule has 2 N–H and O–H groups in total. The topological polar surface area (TPSA) is 87.7 Å². The van der Waals surface area contributed by atoms with Gasteiger partial charge in [0, 0.05) is 30.8 Å². The van der Waals surface area contributed by atoms with Crippen molar-refractivity contribution in [2.75, 3.05) is 30.8 Å². The van der Waals surface area contributed by atoms with Gasteiger partial charge in [0.2, 0.25) is 11.8 Å². The SMILES string of the molecule is CCCCN1C[C@@H](C(=O)Nc2ccc(C(=O)Nc3cc(C)ccc3OC)cc2)CC1=O. The lowest BCUT2D eigenvalue weighted by molar-refractivity contribution is -0.128. The fourth-order valence-corrected chi connectivity index (χ4v) is 3.58. The Hall–Kier alpha value is -3.35. The van der Waals surface area contributed by atoms with Gasteiger partial charge < -0.3 is 20.3 Å². The summed E-state index contributed by atoms with van der Waals surface area (Å²) in [6.07, 6.45) is 2.20. The number of likely N-dealkylation sites (tertiary alicyclic amines) is 1. The molecule has 7 nitrogen and oxygen atoms in total. The largest absolute Gasteiger partial charge is 0.495 e. The van der Waals surface area contributed by atoms with Crippen LogP contribution in [0.4, 0.5) is 11.4 Å². The average molecular weight is 424 g/mol. The molecule has 1 aliphatic heterocycles. The average Bonchev–Trinajstić information content (AvgIpc) is 3.13. The first kappa shape index (κ1) is 22.3. The Kier molecular flexibility index (Phi) is 7.28. The normalized spacial score (nSPS) is 15.6. The number of amides is 3. The minimum absolute atomic E-state index is 0.0344. The van der Waals surface area contributed by atoms with Crippen LogP contribution in [0.1, 0.15) is 42.1 Å². The minimum atomic E-state index is -0.346. The number of benzene rings is 2. The van der Waals surface area contributed by atoms with E-state index in [1.54, 1.807) is 42.3 Å². The van der Waals surface area contributed by atoms with Crippen molar-refractivity contribution in [3.05, 3.63) is 53.6 Å². The minimum Gasteiger partial charge on any atom is -0.495 e. The molecule has 0 radical (unpaired) electrons. The maximum Gasteiger partial charge on any atom is 0.255 e. The summed E-state index contributed by atoms with van der Waals surface area (Å²) < 4.78 is 5.30. The molecule has 1 heterocycles. The maximum absolute atomic E-state index is 12.6. The summed E-state index contributed by atoms with van der Waals surface area (Å²) in [7, 11) is 1.55. The summed E-state index contributed by atoms with van der Waals surface area (Å²) in [6.45, 7) is 5.18. The van der Waals surface area contributed by atoms with E-state index in [1.807, 2.05) is 19.1 Å². The molecule has 0 aliphatic carbocycles. The van der Waals surface area contributed by atoms with Gasteiger partial charge in [-0.25, -0.2) is 0 Å². The first-order valence-electron chi connectivity index (χ1n) is 10.6. The highest BCUT2D eigenvalue weighted by molar-refractivity contribution is 6.05. The molecule has 164 valence electrons. The van der Waals surface area contributed by atoms with Crippen molar-refractivity contribution < 1.29 is 19.1 Å². The van der Waals surface area contributed by atoms with E-state index in [4.69, 9.17) is 4.74 Å². The molecule has 0 spiro atoms. The maximum atomic E-state index is 12.6.